The molecule has 6 atom stereocenters. The first kappa shape index (κ1) is 28.6. The second-order valence-electron chi connectivity index (χ2n) is 13.7. The van der Waals surface area contributed by atoms with Crippen LogP contribution in [0.25, 0.3) is 4.85 Å². The smallest absolute Gasteiger partial charge is 0.302 e. The van der Waals surface area contributed by atoms with Crippen LogP contribution < -0.4 is 5.32 Å². The molecule has 2 saturated heterocycles. The fourth-order valence-corrected chi connectivity index (χ4v) is 7.81. The third-order valence-corrected chi connectivity index (χ3v) is 9.99. The second kappa shape index (κ2) is 10.8. The summed E-state index contributed by atoms with van der Waals surface area (Å²) in [7, 11) is 1.77. The maximum absolute atomic E-state index is 14.4. The van der Waals surface area contributed by atoms with Gasteiger partial charge in [0.15, 0.2) is 0 Å². The molecule has 40 heavy (non-hydrogen) atoms. The predicted octanol–water partition coefficient (Wildman–Crippen LogP) is 4.52. The number of fused-ring (bicyclic) bond motifs is 3. The number of anilines is 1. The molecule has 0 bridgehead atoms. The van der Waals surface area contributed by atoms with E-state index in [1.807, 2.05) is 24.3 Å². The molecule has 3 fully saturated rings. The fraction of sp³-hybridized carbons (Fsp3) is 0.688. The zero-order chi connectivity index (χ0) is 28.8. The number of hydrogen-bond acceptors (Lipinski definition) is 4. The number of rotatable bonds is 5. The average Bonchev–Trinajstić information content (AvgIpc) is 3.47. The van der Waals surface area contributed by atoms with E-state index in [-0.39, 0.29) is 42.1 Å². The monoisotopic (exact) mass is 547 g/mol. The summed E-state index contributed by atoms with van der Waals surface area (Å²) < 4.78 is 0. The number of amides is 3. The highest BCUT2D eigenvalue weighted by Crippen LogP contribution is 2.47. The molecule has 8 nitrogen and oxygen atoms in total. The molecular weight excluding hydrogens is 502 g/mol. The number of nitrogens with one attached hydrogen (secondary N) is 1. The Morgan fingerprint density at radius 2 is 1.90 bits per heavy atom. The van der Waals surface area contributed by atoms with E-state index >= 15 is 0 Å². The van der Waals surface area contributed by atoms with Gasteiger partial charge in [-0.05, 0) is 54.7 Å². The zero-order valence-electron chi connectivity index (χ0n) is 24.8. The number of hydrogen-bond donors (Lipinski definition) is 1. The summed E-state index contributed by atoms with van der Waals surface area (Å²) >= 11 is 0. The van der Waals surface area contributed by atoms with Gasteiger partial charge in [0.25, 0.3) is 5.91 Å². The number of para-hydroxylation sites is 1. The van der Waals surface area contributed by atoms with Crippen LogP contribution in [0.5, 0.6) is 0 Å². The Hall–Kier alpha value is -2.92. The maximum Gasteiger partial charge on any atom is 0.302 e. The van der Waals surface area contributed by atoms with Gasteiger partial charge in [0, 0.05) is 25.8 Å². The highest BCUT2D eigenvalue weighted by molar-refractivity contribution is 6.07. The van der Waals surface area contributed by atoms with E-state index in [4.69, 9.17) is 6.57 Å². The first-order valence-electron chi connectivity index (χ1n) is 15.1. The van der Waals surface area contributed by atoms with Crippen molar-refractivity contribution >= 4 is 23.4 Å². The molecule has 1 saturated carbocycles. The van der Waals surface area contributed by atoms with Gasteiger partial charge in [-0.25, -0.2) is 6.57 Å². The first-order chi connectivity index (χ1) is 19.0. The molecule has 0 unspecified atom stereocenters. The topological polar surface area (TPSA) is 77.3 Å². The Morgan fingerprint density at radius 1 is 1.20 bits per heavy atom. The number of likely N-dealkylation sites (tertiary alicyclic amines) is 2. The highest BCUT2D eigenvalue weighted by atomic mass is 16.2. The summed E-state index contributed by atoms with van der Waals surface area (Å²) in [5.74, 6) is 0.857. The van der Waals surface area contributed by atoms with Gasteiger partial charge in [0.1, 0.15) is 11.5 Å². The van der Waals surface area contributed by atoms with Crippen molar-refractivity contribution in [2.24, 2.45) is 17.3 Å². The van der Waals surface area contributed by atoms with Crippen molar-refractivity contribution in [2.45, 2.75) is 96.3 Å². The lowest BCUT2D eigenvalue weighted by Crippen LogP contribution is -2.59. The molecule has 1 aliphatic carbocycles. The molecule has 1 N–H and O–H groups in total. The molecule has 0 aromatic heterocycles. The van der Waals surface area contributed by atoms with E-state index in [0.29, 0.717) is 18.3 Å². The number of likely N-dealkylation sites (N-methyl/N-ethyl adjacent to an activating group) is 2. The molecule has 3 amide bonds. The van der Waals surface area contributed by atoms with Gasteiger partial charge < -0.3 is 10.2 Å². The van der Waals surface area contributed by atoms with Crippen LogP contribution in [-0.2, 0) is 19.8 Å². The molecule has 8 heteroatoms. The Kier molecular flexibility index (Phi) is 7.73. The quantitative estimate of drug-likeness (QED) is 0.550. The van der Waals surface area contributed by atoms with Crippen molar-refractivity contribution in [1.29, 1.82) is 0 Å². The Morgan fingerprint density at radius 3 is 2.58 bits per heavy atom. The molecular formula is C32H45N5O3. The van der Waals surface area contributed by atoms with Gasteiger partial charge in [-0.1, -0.05) is 65.2 Å². The van der Waals surface area contributed by atoms with Gasteiger partial charge >= 0.3 is 6.17 Å². The minimum atomic E-state index is -0.936. The van der Waals surface area contributed by atoms with Gasteiger partial charge in [-0.3, -0.25) is 29.0 Å². The first-order valence-corrected chi connectivity index (χ1v) is 15.1. The minimum Gasteiger partial charge on any atom is -0.332 e. The summed E-state index contributed by atoms with van der Waals surface area (Å²) in [6.45, 7) is 18.2. The highest BCUT2D eigenvalue weighted by Gasteiger charge is 2.59. The third kappa shape index (κ3) is 5.02. The molecule has 3 heterocycles. The van der Waals surface area contributed by atoms with Gasteiger partial charge in [-0.2, -0.15) is 0 Å². The normalized spacial score (nSPS) is 30.8. The Balaban J connectivity index is 1.42. The molecule has 4 aliphatic rings. The van der Waals surface area contributed by atoms with Crippen LogP contribution in [0.2, 0.25) is 0 Å². The van der Waals surface area contributed by atoms with Crippen LogP contribution >= 0.6 is 0 Å². The maximum atomic E-state index is 14.4. The fourth-order valence-electron chi connectivity index (χ4n) is 7.81. The number of nitrogens with zero attached hydrogens (tertiary/aromatic N) is 4. The van der Waals surface area contributed by atoms with E-state index in [1.54, 1.807) is 16.8 Å². The predicted molar refractivity (Wildman–Crippen MR) is 155 cm³/mol. The van der Waals surface area contributed by atoms with Crippen molar-refractivity contribution in [3.63, 3.8) is 0 Å². The number of piperidine rings is 1. The van der Waals surface area contributed by atoms with Crippen LogP contribution in [-0.4, -0.2) is 77.4 Å². The second-order valence-corrected chi connectivity index (χ2v) is 13.7. The minimum absolute atomic E-state index is 0.00528. The summed E-state index contributed by atoms with van der Waals surface area (Å²) in [6.07, 6.45) is 5.80. The van der Waals surface area contributed by atoms with Gasteiger partial charge in [-0.15, -0.1) is 0 Å². The van der Waals surface area contributed by atoms with Crippen molar-refractivity contribution in [1.82, 2.24) is 14.7 Å². The lowest BCUT2D eigenvalue weighted by atomic mass is 9.72. The summed E-state index contributed by atoms with van der Waals surface area (Å²) in [6, 6.07) is 6.64. The molecule has 1 aromatic carbocycles. The van der Waals surface area contributed by atoms with Crippen molar-refractivity contribution < 1.29 is 14.4 Å². The van der Waals surface area contributed by atoms with Crippen molar-refractivity contribution in [3.8, 4) is 0 Å². The van der Waals surface area contributed by atoms with Gasteiger partial charge in [0.2, 0.25) is 11.8 Å². The molecule has 3 aliphatic heterocycles. The molecule has 1 spiro atoms. The standard InChI is InChI=1S/C32H45N5O3/c1-7-36-19-22-13-9-8-12-21(22)16-25(36)28(38)35(6)26(17-31(2,3)4)29(39)37-20-32(18-27(37)33-5)23-14-10-11-15-24(23)34-30(32)40/h10-11,14-15,21-22,25-27H,7-9,12-13,16-20H2,1-4,6H3,(H,34,40)/t21-,22+,25-,26-,27-,32-/m0/s1. The van der Waals surface area contributed by atoms with Crippen LogP contribution in [0.1, 0.15) is 78.2 Å². The zero-order valence-corrected chi connectivity index (χ0v) is 24.8. The van der Waals surface area contributed by atoms with Gasteiger partial charge in [0.05, 0.1) is 12.5 Å². The summed E-state index contributed by atoms with van der Waals surface area (Å²) in [4.78, 5) is 51.3. The molecule has 0 radical (unpaired) electrons. The Labute approximate surface area is 239 Å². The third-order valence-electron chi connectivity index (χ3n) is 9.99. The number of benzene rings is 1. The van der Waals surface area contributed by atoms with Crippen LogP contribution in [0.4, 0.5) is 5.69 Å². The van der Waals surface area contributed by atoms with E-state index < -0.39 is 17.6 Å². The van der Waals surface area contributed by atoms with E-state index in [1.165, 1.54) is 25.7 Å². The SMILES string of the molecule is [C-]#[N+][C@@H]1C[C@@]2(CN1C(=O)[C@H](CC(C)(C)C)N(C)C(=O)[C@@H]1C[C@@H]3CCCC[C@@H]3CN1CC)C(=O)Nc1ccccc12. The Bertz CT molecular complexity index is 1200. The molecule has 1 aromatic rings. The van der Waals surface area contributed by atoms with Crippen LogP contribution in [0, 0.1) is 23.8 Å². The lowest BCUT2D eigenvalue weighted by Gasteiger charge is -2.47. The van der Waals surface area contributed by atoms with E-state index in [2.05, 4.69) is 42.8 Å². The molecule has 5 rings (SSSR count). The van der Waals surface area contributed by atoms with E-state index in [0.717, 1.165) is 30.8 Å². The number of carbonyl (C=O) groups excluding carboxylic acids is 3. The van der Waals surface area contributed by atoms with E-state index in [9.17, 15) is 14.4 Å². The number of carbonyl (C=O) groups is 3. The summed E-state index contributed by atoms with van der Waals surface area (Å²) in [5, 5.41) is 2.97. The lowest BCUT2D eigenvalue weighted by molar-refractivity contribution is -0.151. The summed E-state index contributed by atoms with van der Waals surface area (Å²) in [5.41, 5.74) is 0.447. The van der Waals surface area contributed by atoms with Crippen LogP contribution in [0.15, 0.2) is 24.3 Å². The van der Waals surface area contributed by atoms with Crippen LogP contribution in [0.3, 0.4) is 0 Å². The largest absolute Gasteiger partial charge is 0.332 e. The molecule has 216 valence electrons. The van der Waals surface area contributed by atoms with Crippen molar-refractivity contribution in [2.75, 3.05) is 32.0 Å². The van der Waals surface area contributed by atoms with Crippen molar-refractivity contribution in [3.05, 3.63) is 41.2 Å². The average molecular weight is 548 g/mol.